The molecule has 0 unspecified atom stereocenters. The summed E-state index contributed by atoms with van der Waals surface area (Å²) in [5.41, 5.74) is 2.06. The van der Waals surface area contributed by atoms with Gasteiger partial charge in [-0.25, -0.2) is 0 Å². The van der Waals surface area contributed by atoms with Crippen LogP contribution < -0.4 is 10.1 Å². The van der Waals surface area contributed by atoms with Gasteiger partial charge in [0.05, 0.1) is 12.8 Å². The summed E-state index contributed by atoms with van der Waals surface area (Å²) < 4.78 is 10.2. The van der Waals surface area contributed by atoms with Crippen LogP contribution in [-0.2, 0) is 11.3 Å². The normalized spacial score (nSPS) is 14.1. The Bertz CT molecular complexity index is 351. The molecule has 68 valence electrons. The van der Waals surface area contributed by atoms with E-state index < -0.39 is 0 Å². The van der Waals surface area contributed by atoms with Crippen molar-refractivity contribution in [3.63, 3.8) is 0 Å². The smallest absolute Gasteiger partial charge is 0.261 e. The number of rotatable bonds is 1. The van der Waals surface area contributed by atoms with E-state index in [9.17, 15) is 0 Å². The van der Waals surface area contributed by atoms with Crippen LogP contribution in [0.5, 0.6) is 5.75 Å². The van der Waals surface area contributed by atoms with Crippen molar-refractivity contribution >= 4 is 23.1 Å². The molecular weight excluding hydrogens is 186 g/mol. The number of hydrogen-bond donors (Lipinski definition) is 1. The van der Waals surface area contributed by atoms with Crippen molar-refractivity contribution in [2.75, 3.05) is 12.4 Å². The number of ether oxygens (including phenoxy) is 2. The van der Waals surface area contributed by atoms with Gasteiger partial charge in [-0.05, 0) is 24.4 Å². The predicted octanol–water partition coefficient (Wildman–Crippen LogP) is 1.92. The Morgan fingerprint density at radius 3 is 3.15 bits per heavy atom. The summed E-state index contributed by atoms with van der Waals surface area (Å²) in [5, 5.41) is 3.38. The van der Waals surface area contributed by atoms with E-state index in [0.29, 0.717) is 11.8 Å². The van der Waals surface area contributed by atoms with Gasteiger partial charge in [-0.15, -0.1) is 0 Å². The summed E-state index contributed by atoms with van der Waals surface area (Å²) in [6.07, 6.45) is 0. The predicted molar refractivity (Wildman–Crippen MR) is 54.0 cm³/mol. The van der Waals surface area contributed by atoms with Crippen LogP contribution in [0, 0.1) is 0 Å². The number of anilines is 1. The summed E-state index contributed by atoms with van der Waals surface area (Å²) in [7, 11) is 1.64. The number of fused-ring (bicyclic) bond motifs is 1. The number of thiocarbonyl (C=S) groups is 1. The average molecular weight is 195 g/mol. The highest BCUT2D eigenvalue weighted by atomic mass is 32.1. The number of methoxy groups -OCH3 is 1. The minimum Gasteiger partial charge on any atom is -0.497 e. The first-order valence-electron chi connectivity index (χ1n) is 3.90. The maximum Gasteiger partial charge on any atom is 0.261 e. The molecule has 0 amide bonds. The van der Waals surface area contributed by atoms with Crippen LogP contribution in [0.15, 0.2) is 18.2 Å². The quantitative estimate of drug-likeness (QED) is 0.693. The van der Waals surface area contributed by atoms with Crippen molar-refractivity contribution in [1.82, 2.24) is 0 Å². The van der Waals surface area contributed by atoms with Crippen molar-refractivity contribution < 1.29 is 9.47 Å². The summed E-state index contributed by atoms with van der Waals surface area (Å²) >= 11 is 4.89. The Morgan fingerprint density at radius 1 is 1.54 bits per heavy atom. The molecule has 3 nitrogen and oxygen atoms in total. The second-order valence-corrected chi connectivity index (χ2v) is 3.10. The summed E-state index contributed by atoms with van der Waals surface area (Å²) in [6.45, 7) is 0.533. The summed E-state index contributed by atoms with van der Waals surface area (Å²) in [5.74, 6) is 0.816. The molecule has 0 bridgehead atoms. The molecule has 1 aromatic carbocycles. The molecule has 0 atom stereocenters. The molecule has 4 heteroatoms. The Balaban J connectivity index is 2.38. The lowest BCUT2D eigenvalue weighted by Crippen LogP contribution is -2.19. The van der Waals surface area contributed by atoms with E-state index in [1.165, 1.54) is 0 Å². The molecule has 13 heavy (non-hydrogen) atoms. The van der Waals surface area contributed by atoms with E-state index in [0.717, 1.165) is 17.0 Å². The van der Waals surface area contributed by atoms with Gasteiger partial charge < -0.3 is 14.8 Å². The SMILES string of the molecule is COc1ccc2c(c1)NC(=S)OC2. The van der Waals surface area contributed by atoms with Gasteiger partial charge in [0.1, 0.15) is 12.4 Å². The standard InChI is InChI=1S/C9H9NO2S/c1-11-7-3-2-6-5-12-9(13)10-8(6)4-7/h2-4H,5H2,1H3,(H,10,13). The van der Waals surface area contributed by atoms with Gasteiger partial charge in [0.15, 0.2) is 0 Å². The van der Waals surface area contributed by atoms with Gasteiger partial charge in [0.25, 0.3) is 5.17 Å². The molecule has 2 rings (SSSR count). The molecule has 0 aliphatic carbocycles. The molecule has 1 aliphatic heterocycles. The lowest BCUT2D eigenvalue weighted by Gasteiger charge is -2.19. The summed E-state index contributed by atoms with van der Waals surface area (Å²) in [6, 6.07) is 5.77. The van der Waals surface area contributed by atoms with Crippen molar-refractivity contribution in [2.24, 2.45) is 0 Å². The molecule has 1 aromatic rings. The highest BCUT2D eigenvalue weighted by Crippen LogP contribution is 2.26. The van der Waals surface area contributed by atoms with Crippen LogP contribution in [0.2, 0.25) is 0 Å². The lowest BCUT2D eigenvalue weighted by atomic mass is 10.1. The third-order valence-electron chi connectivity index (χ3n) is 1.91. The van der Waals surface area contributed by atoms with Crippen molar-refractivity contribution in [3.05, 3.63) is 23.8 Å². The Labute approximate surface area is 81.7 Å². The van der Waals surface area contributed by atoms with E-state index in [-0.39, 0.29) is 0 Å². The zero-order chi connectivity index (χ0) is 9.26. The first-order chi connectivity index (χ1) is 6.29. The van der Waals surface area contributed by atoms with E-state index in [1.54, 1.807) is 7.11 Å². The maximum atomic E-state index is 5.16. The van der Waals surface area contributed by atoms with Crippen LogP contribution in [0.4, 0.5) is 5.69 Å². The van der Waals surface area contributed by atoms with Crippen LogP contribution in [0.3, 0.4) is 0 Å². The van der Waals surface area contributed by atoms with Crippen molar-refractivity contribution in [2.45, 2.75) is 6.61 Å². The first-order valence-corrected chi connectivity index (χ1v) is 4.31. The third kappa shape index (κ3) is 1.58. The van der Waals surface area contributed by atoms with Gasteiger partial charge >= 0.3 is 0 Å². The summed E-state index contributed by atoms with van der Waals surface area (Å²) in [4.78, 5) is 0. The highest BCUT2D eigenvalue weighted by Gasteiger charge is 2.12. The zero-order valence-electron chi connectivity index (χ0n) is 7.16. The molecule has 0 aromatic heterocycles. The molecule has 0 radical (unpaired) electrons. The van der Waals surface area contributed by atoms with Crippen LogP contribution in [-0.4, -0.2) is 12.3 Å². The molecule has 1 heterocycles. The maximum absolute atomic E-state index is 5.16. The Hall–Kier alpha value is -1.29. The van der Waals surface area contributed by atoms with E-state index in [4.69, 9.17) is 21.7 Å². The molecule has 0 saturated heterocycles. The fourth-order valence-electron chi connectivity index (χ4n) is 1.21. The second-order valence-electron chi connectivity index (χ2n) is 2.72. The van der Waals surface area contributed by atoms with Crippen molar-refractivity contribution in [1.29, 1.82) is 0 Å². The molecule has 1 aliphatic rings. The fourth-order valence-corrected chi connectivity index (χ4v) is 1.38. The molecule has 0 saturated carbocycles. The minimum atomic E-state index is 0.417. The molecule has 1 N–H and O–H groups in total. The zero-order valence-corrected chi connectivity index (χ0v) is 7.98. The average Bonchev–Trinajstić information content (AvgIpc) is 2.16. The lowest BCUT2D eigenvalue weighted by molar-refractivity contribution is 0.294. The Morgan fingerprint density at radius 2 is 2.38 bits per heavy atom. The molecule has 0 fully saturated rings. The number of benzene rings is 1. The van der Waals surface area contributed by atoms with E-state index in [1.807, 2.05) is 18.2 Å². The fraction of sp³-hybridized carbons (Fsp3) is 0.222. The second kappa shape index (κ2) is 3.22. The monoisotopic (exact) mass is 195 g/mol. The first kappa shape index (κ1) is 8.31. The van der Waals surface area contributed by atoms with Gasteiger partial charge in [0, 0.05) is 11.6 Å². The Kier molecular flexibility index (Phi) is 2.06. The topological polar surface area (TPSA) is 30.5 Å². The van der Waals surface area contributed by atoms with Gasteiger partial charge in [0.2, 0.25) is 0 Å². The largest absolute Gasteiger partial charge is 0.497 e. The molecule has 0 spiro atoms. The highest BCUT2D eigenvalue weighted by molar-refractivity contribution is 7.80. The van der Waals surface area contributed by atoms with Gasteiger partial charge in [-0.2, -0.15) is 0 Å². The van der Waals surface area contributed by atoms with Crippen LogP contribution in [0.1, 0.15) is 5.56 Å². The molecular formula is C9H9NO2S. The minimum absolute atomic E-state index is 0.417. The van der Waals surface area contributed by atoms with Gasteiger partial charge in [-0.3, -0.25) is 0 Å². The van der Waals surface area contributed by atoms with Crippen LogP contribution >= 0.6 is 12.2 Å². The van der Waals surface area contributed by atoms with E-state index in [2.05, 4.69) is 5.32 Å². The van der Waals surface area contributed by atoms with E-state index >= 15 is 0 Å². The number of hydrogen-bond acceptors (Lipinski definition) is 3. The van der Waals surface area contributed by atoms with Crippen LogP contribution in [0.25, 0.3) is 0 Å². The van der Waals surface area contributed by atoms with Crippen molar-refractivity contribution in [3.8, 4) is 5.75 Å². The number of nitrogens with one attached hydrogen (secondary N) is 1. The third-order valence-corrected chi connectivity index (χ3v) is 2.13. The van der Waals surface area contributed by atoms with Gasteiger partial charge in [-0.1, -0.05) is 0 Å².